The van der Waals surface area contributed by atoms with Gasteiger partial charge < -0.3 is 5.73 Å². The van der Waals surface area contributed by atoms with E-state index in [-0.39, 0.29) is 4.68 Å². The first-order chi connectivity index (χ1) is 11.4. The number of hydrogen-bond donors (Lipinski definition) is 1. The quantitative estimate of drug-likeness (QED) is 0.815. The van der Waals surface area contributed by atoms with E-state index >= 15 is 0 Å². The molecule has 2 rings (SSSR count). The summed E-state index contributed by atoms with van der Waals surface area (Å²) in [5.41, 5.74) is 3.97. The van der Waals surface area contributed by atoms with Gasteiger partial charge in [-0.25, -0.2) is 9.07 Å². The Morgan fingerprint density at radius 3 is 2.32 bits per heavy atom. The van der Waals surface area contributed by atoms with E-state index in [4.69, 9.17) is 5.73 Å². The zero-order valence-corrected chi connectivity index (χ0v) is 12.8. The summed E-state index contributed by atoms with van der Waals surface area (Å²) in [5.74, 6) is -4.12. The van der Waals surface area contributed by atoms with Gasteiger partial charge in [-0.1, -0.05) is 6.07 Å². The van der Waals surface area contributed by atoms with Crippen molar-refractivity contribution in [2.24, 2.45) is 0 Å². The summed E-state index contributed by atoms with van der Waals surface area (Å²) in [5, 5.41) is 3.31. The molecule has 0 aliphatic rings. The van der Waals surface area contributed by atoms with Gasteiger partial charge in [0.2, 0.25) is 11.8 Å². The Hall–Kier alpha value is -2.18. The van der Waals surface area contributed by atoms with Crippen LogP contribution in [0.4, 0.5) is 36.7 Å². The maximum absolute atomic E-state index is 13.4. The van der Waals surface area contributed by atoms with Crippen molar-refractivity contribution in [3.05, 3.63) is 29.6 Å². The zero-order valence-electron chi connectivity index (χ0n) is 12.0. The molecule has 1 atom stereocenters. The molecule has 5 nitrogen and oxygen atoms in total. The number of aromatic nitrogens is 3. The monoisotopic (exact) mass is 390 g/mol. The first-order valence-corrected chi connectivity index (χ1v) is 7.69. The van der Waals surface area contributed by atoms with E-state index in [1.165, 1.54) is 0 Å². The topological polar surface area (TPSA) is 73.8 Å². The number of hydrogen-bond acceptors (Lipinski definition) is 4. The Kier molecular flexibility index (Phi) is 5.06. The van der Waals surface area contributed by atoms with Crippen molar-refractivity contribution in [3.8, 4) is 5.69 Å². The molecule has 0 fully saturated rings. The van der Waals surface area contributed by atoms with Gasteiger partial charge in [0, 0.05) is 10.5 Å². The zero-order chi connectivity index (χ0) is 19.0. The van der Waals surface area contributed by atoms with Gasteiger partial charge in [0.05, 0.1) is 16.5 Å². The predicted octanol–water partition coefficient (Wildman–Crippen LogP) is 3.01. The Morgan fingerprint density at radius 2 is 1.80 bits per heavy atom. The van der Waals surface area contributed by atoms with Gasteiger partial charge in [0.25, 0.3) is 0 Å². The van der Waals surface area contributed by atoms with Gasteiger partial charge in [-0.3, -0.25) is 4.21 Å². The molecule has 1 heterocycles. The maximum atomic E-state index is 13.4. The van der Waals surface area contributed by atoms with Crippen LogP contribution in [0.3, 0.4) is 0 Å². The Bertz CT molecular complexity index is 800. The molecular formula is C12H9F7N4OS. The number of nitrogen functional groups attached to an aromatic ring is 1. The highest BCUT2D eigenvalue weighted by Crippen LogP contribution is 2.32. The number of alkyl halides is 7. The number of halogens is 7. The number of anilines is 1. The minimum Gasteiger partial charge on any atom is -0.366 e. The number of rotatable bonds is 4. The molecule has 1 aromatic heterocycles. The lowest BCUT2D eigenvalue weighted by Gasteiger charge is -2.15. The molecule has 0 spiro atoms. The standard InChI is InChI=1S/C12H9F7N4OS/c13-4-6-7(23-9(12(17,18)19)21-10(20)22-23)2-1-3-8(6)25(24)5-11(14,15)16/h1-3H,4-5H2,(H2,20,22). The van der Waals surface area contributed by atoms with Crippen molar-refractivity contribution in [1.82, 2.24) is 14.8 Å². The van der Waals surface area contributed by atoms with E-state index in [2.05, 4.69) is 10.1 Å². The Morgan fingerprint density at radius 1 is 1.16 bits per heavy atom. The van der Waals surface area contributed by atoms with Crippen molar-refractivity contribution >= 4 is 16.7 Å². The van der Waals surface area contributed by atoms with Crippen LogP contribution in [0.2, 0.25) is 0 Å². The largest absolute Gasteiger partial charge is 0.451 e. The van der Waals surface area contributed by atoms with Crippen LogP contribution in [-0.4, -0.2) is 30.9 Å². The molecule has 0 bridgehead atoms. The molecule has 0 aliphatic carbocycles. The second-order valence-electron chi connectivity index (χ2n) is 4.70. The predicted molar refractivity (Wildman–Crippen MR) is 72.9 cm³/mol. The third-order valence-electron chi connectivity index (χ3n) is 2.89. The van der Waals surface area contributed by atoms with Crippen LogP contribution in [0.15, 0.2) is 23.1 Å². The number of nitrogens with two attached hydrogens (primary N) is 1. The van der Waals surface area contributed by atoms with E-state index < -0.39 is 63.5 Å². The Labute approximate surface area is 138 Å². The summed E-state index contributed by atoms with van der Waals surface area (Å²) in [4.78, 5) is 2.41. The Balaban J connectivity index is 2.62. The molecule has 0 aliphatic heterocycles. The van der Waals surface area contributed by atoms with E-state index in [1.807, 2.05) is 0 Å². The fourth-order valence-electron chi connectivity index (χ4n) is 2.01. The van der Waals surface area contributed by atoms with E-state index in [0.29, 0.717) is 0 Å². The lowest BCUT2D eigenvalue weighted by Crippen LogP contribution is -2.20. The molecule has 2 N–H and O–H groups in total. The summed E-state index contributed by atoms with van der Waals surface area (Å²) >= 11 is 0. The summed E-state index contributed by atoms with van der Waals surface area (Å²) in [6.07, 6.45) is -9.80. The normalized spacial score (nSPS) is 13.9. The lowest BCUT2D eigenvalue weighted by atomic mass is 10.2. The van der Waals surface area contributed by atoms with E-state index in [0.717, 1.165) is 18.2 Å². The van der Waals surface area contributed by atoms with Crippen molar-refractivity contribution in [2.75, 3.05) is 11.5 Å². The van der Waals surface area contributed by atoms with E-state index in [9.17, 15) is 34.9 Å². The van der Waals surface area contributed by atoms with Gasteiger partial charge in [0.1, 0.15) is 12.4 Å². The summed E-state index contributed by atoms with van der Waals surface area (Å²) < 4.78 is 102. The van der Waals surface area contributed by atoms with Crippen LogP contribution in [0.1, 0.15) is 11.4 Å². The van der Waals surface area contributed by atoms with Crippen LogP contribution in [0.25, 0.3) is 5.69 Å². The highest BCUT2D eigenvalue weighted by molar-refractivity contribution is 7.85. The summed E-state index contributed by atoms with van der Waals surface area (Å²) in [7, 11) is -2.71. The lowest BCUT2D eigenvalue weighted by molar-refractivity contribution is -0.146. The smallest absolute Gasteiger partial charge is 0.366 e. The fraction of sp³-hybridized carbons (Fsp3) is 0.333. The van der Waals surface area contributed by atoms with Crippen molar-refractivity contribution in [3.63, 3.8) is 0 Å². The van der Waals surface area contributed by atoms with Gasteiger partial charge in [-0.05, 0) is 12.1 Å². The minimum atomic E-state index is -5.00. The molecule has 13 heteroatoms. The SMILES string of the molecule is Nc1nc(C(F)(F)F)n(-c2cccc(S(=O)CC(F)(F)F)c2CF)n1. The minimum absolute atomic E-state index is 0.165. The first-order valence-electron chi connectivity index (χ1n) is 6.37. The maximum Gasteiger partial charge on any atom is 0.451 e. The summed E-state index contributed by atoms with van der Waals surface area (Å²) in [6, 6.07) is 2.95. The van der Waals surface area contributed by atoms with Gasteiger partial charge in [-0.15, -0.1) is 5.10 Å². The van der Waals surface area contributed by atoms with Crippen molar-refractivity contribution in [1.29, 1.82) is 0 Å². The van der Waals surface area contributed by atoms with Gasteiger partial charge in [0.15, 0.2) is 0 Å². The second kappa shape index (κ2) is 6.61. The molecule has 0 radical (unpaired) electrons. The molecule has 1 unspecified atom stereocenters. The fourth-order valence-corrected chi connectivity index (χ4v) is 3.12. The third kappa shape index (κ3) is 4.27. The average Bonchev–Trinajstić information content (AvgIpc) is 2.86. The van der Waals surface area contributed by atoms with Crippen molar-refractivity contribution in [2.45, 2.75) is 23.9 Å². The summed E-state index contributed by atoms with van der Waals surface area (Å²) in [6.45, 7) is -1.47. The molecule has 138 valence electrons. The molecular weight excluding hydrogens is 381 g/mol. The highest BCUT2D eigenvalue weighted by Gasteiger charge is 2.39. The van der Waals surface area contributed by atoms with Gasteiger partial charge in [-0.2, -0.15) is 31.3 Å². The number of nitrogens with zero attached hydrogens (tertiary/aromatic N) is 3. The second-order valence-corrected chi connectivity index (χ2v) is 6.12. The molecule has 2 aromatic rings. The van der Waals surface area contributed by atoms with E-state index in [1.54, 1.807) is 0 Å². The van der Waals surface area contributed by atoms with Crippen LogP contribution >= 0.6 is 0 Å². The molecule has 25 heavy (non-hydrogen) atoms. The molecule has 0 amide bonds. The van der Waals surface area contributed by atoms with Gasteiger partial charge >= 0.3 is 12.4 Å². The molecule has 0 saturated carbocycles. The molecule has 0 saturated heterocycles. The highest BCUT2D eigenvalue weighted by atomic mass is 32.2. The van der Waals surface area contributed by atoms with Crippen molar-refractivity contribution < 1.29 is 34.9 Å². The third-order valence-corrected chi connectivity index (χ3v) is 4.35. The van der Waals surface area contributed by atoms with Crippen LogP contribution < -0.4 is 5.73 Å². The van der Waals surface area contributed by atoms with Crippen LogP contribution in [0.5, 0.6) is 0 Å². The average molecular weight is 390 g/mol. The first kappa shape index (κ1) is 19.1. The number of benzene rings is 1. The van der Waals surface area contributed by atoms with Crippen LogP contribution in [-0.2, 0) is 23.7 Å². The van der Waals surface area contributed by atoms with Crippen LogP contribution in [0, 0.1) is 0 Å². The molecule has 1 aromatic carbocycles.